The van der Waals surface area contributed by atoms with Crippen LogP contribution in [0.5, 0.6) is 5.75 Å². The number of carbonyl (C=O) groups is 1. The summed E-state index contributed by atoms with van der Waals surface area (Å²) in [6.45, 7) is 8.15. The van der Waals surface area contributed by atoms with Gasteiger partial charge in [-0.15, -0.1) is 0 Å². The van der Waals surface area contributed by atoms with Gasteiger partial charge in [0.05, 0.1) is 6.04 Å². The average Bonchev–Trinajstić information content (AvgIpc) is 2.69. The zero-order chi connectivity index (χ0) is 20.1. The largest absolute Gasteiger partial charge is 0.481 e. The van der Waals surface area contributed by atoms with Crippen LogP contribution in [0.3, 0.4) is 0 Å². The molecule has 150 valence electrons. The second kappa shape index (κ2) is 9.09. The first-order valence-corrected chi connectivity index (χ1v) is 10.00. The van der Waals surface area contributed by atoms with Gasteiger partial charge >= 0.3 is 0 Å². The third-order valence-corrected chi connectivity index (χ3v) is 5.27. The van der Waals surface area contributed by atoms with Crippen molar-refractivity contribution in [1.29, 1.82) is 0 Å². The molecule has 0 aromatic heterocycles. The number of halogens is 1. The van der Waals surface area contributed by atoms with Crippen LogP contribution in [0.25, 0.3) is 0 Å². The van der Waals surface area contributed by atoms with E-state index in [0.29, 0.717) is 5.75 Å². The van der Waals surface area contributed by atoms with Crippen LogP contribution in [0.4, 0.5) is 10.1 Å². The molecule has 1 aliphatic rings. The van der Waals surface area contributed by atoms with Gasteiger partial charge in [-0.1, -0.05) is 19.1 Å². The van der Waals surface area contributed by atoms with E-state index in [1.54, 1.807) is 6.92 Å². The number of anilines is 1. The fourth-order valence-electron chi connectivity index (χ4n) is 3.58. The molecule has 0 radical (unpaired) electrons. The molecule has 4 nitrogen and oxygen atoms in total. The van der Waals surface area contributed by atoms with Crippen LogP contribution < -0.4 is 15.0 Å². The first-order chi connectivity index (χ1) is 13.4. The van der Waals surface area contributed by atoms with Crippen LogP contribution in [0.15, 0.2) is 48.5 Å². The molecule has 2 aromatic rings. The lowest BCUT2D eigenvalue weighted by molar-refractivity contribution is -0.127. The van der Waals surface area contributed by atoms with E-state index in [2.05, 4.69) is 41.4 Å². The van der Waals surface area contributed by atoms with E-state index in [9.17, 15) is 9.18 Å². The highest BCUT2D eigenvalue weighted by molar-refractivity contribution is 5.81. The van der Waals surface area contributed by atoms with Gasteiger partial charge in [-0.05, 0) is 74.6 Å². The van der Waals surface area contributed by atoms with Gasteiger partial charge in [-0.3, -0.25) is 4.79 Å². The van der Waals surface area contributed by atoms with Crippen molar-refractivity contribution in [2.75, 3.05) is 18.0 Å². The number of hydrogen-bond acceptors (Lipinski definition) is 3. The van der Waals surface area contributed by atoms with Gasteiger partial charge in [0, 0.05) is 18.8 Å². The molecule has 1 heterocycles. The van der Waals surface area contributed by atoms with E-state index in [4.69, 9.17) is 4.74 Å². The lowest BCUT2D eigenvalue weighted by Crippen LogP contribution is -2.37. The molecule has 1 N–H and O–H groups in total. The third kappa shape index (κ3) is 5.24. The number of benzene rings is 2. The van der Waals surface area contributed by atoms with Gasteiger partial charge in [0.2, 0.25) is 0 Å². The van der Waals surface area contributed by atoms with E-state index < -0.39 is 6.10 Å². The highest BCUT2D eigenvalue weighted by Gasteiger charge is 2.19. The lowest BCUT2D eigenvalue weighted by Gasteiger charge is -2.33. The fourth-order valence-corrected chi connectivity index (χ4v) is 3.58. The van der Waals surface area contributed by atoms with Crippen molar-refractivity contribution in [2.45, 2.75) is 45.8 Å². The minimum absolute atomic E-state index is 0.124. The molecule has 5 heteroatoms. The Hall–Kier alpha value is -2.56. The van der Waals surface area contributed by atoms with Crippen molar-refractivity contribution >= 4 is 11.6 Å². The predicted molar refractivity (Wildman–Crippen MR) is 110 cm³/mol. The highest BCUT2D eigenvalue weighted by Crippen LogP contribution is 2.24. The minimum atomic E-state index is -0.665. The number of amides is 1. The molecular formula is C23H29FN2O2. The van der Waals surface area contributed by atoms with Gasteiger partial charge in [0.25, 0.3) is 5.91 Å². The van der Waals surface area contributed by atoms with E-state index >= 15 is 0 Å². The molecule has 0 aliphatic carbocycles. The van der Waals surface area contributed by atoms with Crippen LogP contribution in [-0.2, 0) is 4.79 Å². The maximum atomic E-state index is 13.0. The molecule has 0 spiro atoms. The Morgan fingerprint density at radius 2 is 1.82 bits per heavy atom. The van der Waals surface area contributed by atoms with Crippen molar-refractivity contribution in [1.82, 2.24) is 5.32 Å². The monoisotopic (exact) mass is 384 g/mol. The number of carbonyl (C=O) groups excluding carboxylic acids is 1. The van der Waals surface area contributed by atoms with Crippen molar-refractivity contribution in [2.24, 2.45) is 5.92 Å². The number of nitrogens with one attached hydrogen (secondary N) is 1. The molecular weight excluding hydrogens is 355 g/mol. The molecule has 0 saturated carbocycles. The molecule has 0 bridgehead atoms. The second-order valence-corrected chi connectivity index (χ2v) is 7.73. The Balaban J connectivity index is 1.55. The van der Waals surface area contributed by atoms with Crippen LogP contribution in [0.1, 0.15) is 45.2 Å². The molecule has 3 unspecified atom stereocenters. The average molecular weight is 384 g/mol. The summed E-state index contributed by atoms with van der Waals surface area (Å²) < 4.78 is 18.6. The fraction of sp³-hybridized carbons (Fsp3) is 0.435. The summed E-state index contributed by atoms with van der Waals surface area (Å²) in [6, 6.07) is 14.0. The minimum Gasteiger partial charge on any atom is -0.481 e. The molecule has 3 rings (SSSR count). The first-order valence-electron chi connectivity index (χ1n) is 10.00. The smallest absolute Gasteiger partial charge is 0.261 e. The normalized spacial score (nSPS) is 19.0. The molecule has 1 aliphatic heterocycles. The zero-order valence-electron chi connectivity index (χ0n) is 16.8. The van der Waals surface area contributed by atoms with Crippen LogP contribution in [0.2, 0.25) is 0 Å². The van der Waals surface area contributed by atoms with Gasteiger partial charge in [-0.2, -0.15) is 0 Å². The highest BCUT2D eigenvalue weighted by atomic mass is 19.1. The van der Waals surface area contributed by atoms with E-state index in [1.807, 2.05) is 6.92 Å². The molecule has 1 fully saturated rings. The van der Waals surface area contributed by atoms with Crippen molar-refractivity contribution < 1.29 is 13.9 Å². The van der Waals surface area contributed by atoms with Gasteiger partial charge in [0.1, 0.15) is 11.6 Å². The first kappa shape index (κ1) is 20.2. The van der Waals surface area contributed by atoms with Crippen LogP contribution >= 0.6 is 0 Å². The number of hydrogen-bond donors (Lipinski definition) is 1. The van der Waals surface area contributed by atoms with Gasteiger partial charge < -0.3 is 15.0 Å². The predicted octanol–water partition coefficient (Wildman–Crippen LogP) is 4.71. The van der Waals surface area contributed by atoms with E-state index in [1.165, 1.54) is 42.8 Å². The number of nitrogens with zero attached hydrogens (tertiary/aromatic N) is 1. The summed E-state index contributed by atoms with van der Waals surface area (Å²) in [4.78, 5) is 14.9. The van der Waals surface area contributed by atoms with Crippen LogP contribution in [0, 0.1) is 11.7 Å². The summed E-state index contributed by atoms with van der Waals surface area (Å²) in [5.74, 6) is 0.664. The Morgan fingerprint density at radius 3 is 2.46 bits per heavy atom. The summed E-state index contributed by atoms with van der Waals surface area (Å²) in [7, 11) is 0. The number of rotatable bonds is 6. The second-order valence-electron chi connectivity index (χ2n) is 7.73. The number of piperidine rings is 1. The molecule has 1 amide bonds. The Labute approximate surface area is 166 Å². The Morgan fingerprint density at radius 1 is 1.14 bits per heavy atom. The maximum absolute atomic E-state index is 13.0. The quantitative estimate of drug-likeness (QED) is 0.784. The summed E-state index contributed by atoms with van der Waals surface area (Å²) in [5.41, 5.74) is 2.29. The van der Waals surface area contributed by atoms with Crippen molar-refractivity contribution in [3.05, 3.63) is 59.9 Å². The van der Waals surface area contributed by atoms with E-state index in [-0.39, 0.29) is 17.8 Å². The lowest BCUT2D eigenvalue weighted by atomic mass is 9.99. The zero-order valence-corrected chi connectivity index (χ0v) is 16.8. The van der Waals surface area contributed by atoms with E-state index in [0.717, 1.165) is 24.6 Å². The Bertz CT molecular complexity index is 776. The van der Waals surface area contributed by atoms with Crippen molar-refractivity contribution in [3.8, 4) is 5.75 Å². The van der Waals surface area contributed by atoms with Gasteiger partial charge in [-0.25, -0.2) is 4.39 Å². The van der Waals surface area contributed by atoms with Crippen LogP contribution in [-0.4, -0.2) is 25.1 Å². The standard InChI is InChI=1S/C23H29FN2O2/c1-16-5-4-14-26(15-16)21-10-6-19(7-11-21)17(2)25-23(27)18(3)28-22-12-8-20(24)9-13-22/h6-13,16-18H,4-5,14-15H2,1-3H3,(H,25,27). The SMILES string of the molecule is CC1CCCN(c2ccc(C(C)NC(=O)C(C)Oc3ccc(F)cc3)cc2)C1. The summed E-state index contributed by atoms with van der Waals surface area (Å²) in [6.07, 6.45) is 1.87. The third-order valence-electron chi connectivity index (χ3n) is 5.27. The molecule has 1 saturated heterocycles. The maximum Gasteiger partial charge on any atom is 0.261 e. The van der Waals surface area contributed by atoms with Gasteiger partial charge in [0.15, 0.2) is 6.10 Å². The molecule has 3 atom stereocenters. The molecule has 2 aromatic carbocycles. The van der Waals surface area contributed by atoms with Crippen molar-refractivity contribution in [3.63, 3.8) is 0 Å². The Kier molecular flexibility index (Phi) is 6.55. The number of ether oxygens (including phenoxy) is 1. The topological polar surface area (TPSA) is 41.6 Å². The molecule has 28 heavy (non-hydrogen) atoms. The summed E-state index contributed by atoms with van der Waals surface area (Å²) >= 11 is 0. The summed E-state index contributed by atoms with van der Waals surface area (Å²) in [5, 5.41) is 2.98.